The van der Waals surface area contributed by atoms with Crippen LogP contribution in [0, 0.1) is 5.92 Å². The number of hydrogen-bond donors (Lipinski definition) is 1. The fourth-order valence-electron chi connectivity index (χ4n) is 3.06. The first-order valence-electron chi connectivity index (χ1n) is 7.14. The average Bonchev–Trinajstić information content (AvgIpc) is 2.82. The first-order chi connectivity index (χ1) is 9.34. The van der Waals surface area contributed by atoms with Gasteiger partial charge in [-0.3, -0.25) is 0 Å². The van der Waals surface area contributed by atoms with E-state index in [1.807, 2.05) is 18.2 Å². The van der Waals surface area contributed by atoms with Gasteiger partial charge in [-0.2, -0.15) is 0 Å². The lowest BCUT2D eigenvalue weighted by Gasteiger charge is -2.20. The van der Waals surface area contributed by atoms with Crippen molar-refractivity contribution >= 4 is 5.88 Å². The minimum absolute atomic E-state index is 0.442. The van der Waals surface area contributed by atoms with E-state index in [1.165, 1.54) is 32.1 Å². The van der Waals surface area contributed by atoms with E-state index in [-0.39, 0.29) is 0 Å². The van der Waals surface area contributed by atoms with Gasteiger partial charge in [-0.05, 0) is 17.9 Å². The molecular weight excluding hydrogens is 236 g/mol. The van der Waals surface area contributed by atoms with E-state index < -0.39 is 0 Å². The van der Waals surface area contributed by atoms with Crippen molar-refractivity contribution in [2.75, 3.05) is 5.73 Å². The van der Waals surface area contributed by atoms with Gasteiger partial charge in [0.15, 0.2) is 0 Å². The molecule has 1 heterocycles. The molecule has 3 nitrogen and oxygen atoms in total. The number of aromatic nitrogens is 1. The van der Waals surface area contributed by atoms with Crippen molar-refractivity contribution in [2.45, 2.75) is 38.5 Å². The second-order valence-electron chi connectivity index (χ2n) is 5.44. The number of nitrogen functional groups attached to an aromatic ring is 1. The number of benzene rings is 1. The van der Waals surface area contributed by atoms with Crippen LogP contribution in [0.5, 0.6) is 0 Å². The van der Waals surface area contributed by atoms with Crippen LogP contribution in [0.4, 0.5) is 5.88 Å². The summed E-state index contributed by atoms with van der Waals surface area (Å²) in [5.74, 6) is 1.18. The molecule has 0 atom stereocenters. The summed E-state index contributed by atoms with van der Waals surface area (Å²) < 4.78 is 5.22. The van der Waals surface area contributed by atoms with Crippen molar-refractivity contribution in [3.8, 4) is 11.1 Å². The second-order valence-corrected chi connectivity index (χ2v) is 5.44. The Balaban J connectivity index is 1.86. The molecule has 1 aromatic heterocycles. The molecule has 100 valence electrons. The van der Waals surface area contributed by atoms with Gasteiger partial charge >= 0.3 is 0 Å². The standard InChI is InChI=1S/C16H20N2O/c17-16-15(13-9-5-2-6-10-13)14(18-19-16)11-12-7-3-1-4-8-12/h2,5-6,9-10,12H,1,3-4,7-8,11,17H2. The summed E-state index contributed by atoms with van der Waals surface area (Å²) in [7, 11) is 0. The highest BCUT2D eigenvalue weighted by molar-refractivity contribution is 5.74. The topological polar surface area (TPSA) is 52.0 Å². The molecule has 0 amide bonds. The molecule has 1 aliphatic carbocycles. The fraction of sp³-hybridized carbons (Fsp3) is 0.438. The monoisotopic (exact) mass is 256 g/mol. The molecule has 1 aliphatic rings. The molecule has 2 N–H and O–H groups in total. The third-order valence-corrected chi connectivity index (χ3v) is 4.06. The molecular formula is C16H20N2O. The van der Waals surface area contributed by atoms with Gasteiger partial charge in [-0.1, -0.05) is 67.6 Å². The van der Waals surface area contributed by atoms with Crippen LogP contribution in [0.1, 0.15) is 37.8 Å². The van der Waals surface area contributed by atoms with Gasteiger partial charge in [0.2, 0.25) is 5.88 Å². The van der Waals surface area contributed by atoms with Gasteiger partial charge in [-0.25, -0.2) is 0 Å². The van der Waals surface area contributed by atoms with Crippen LogP contribution in [0.3, 0.4) is 0 Å². The predicted molar refractivity (Wildman–Crippen MR) is 76.6 cm³/mol. The number of anilines is 1. The maximum atomic E-state index is 5.95. The summed E-state index contributed by atoms with van der Waals surface area (Å²) in [6, 6.07) is 10.2. The Hall–Kier alpha value is -1.77. The molecule has 2 aromatic rings. The molecule has 0 aliphatic heterocycles. The van der Waals surface area contributed by atoms with Gasteiger partial charge in [0, 0.05) is 0 Å². The lowest BCUT2D eigenvalue weighted by molar-refractivity contribution is 0.345. The predicted octanol–water partition coefficient (Wildman–Crippen LogP) is 4.05. The lowest BCUT2D eigenvalue weighted by Crippen LogP contribution is -2.10. The summed E-state index contributed by atoms with van der Waals surface area (Å²) in [5.41, 5.74) is 9.07. The maximum absolute atomic E-state index is 5.95. The summed E-state index contributed by atoms with van der Waals surface area (Å²) in [4.78, 5) is 0. The Kier molecular flexibility index (Phi) is 3.53. The Morgan fingerprint density at radius 1 is 1.11 bits per heavy atom. The first kappa shape index (κ1) is 12.3. The molecule has 0 spiro atoms. The SMILES string of the molecule is Nc1onc(CC2CCCCC2)c1-c1ccccc1. The fourth-order valence-corrected chi connectivity index (χ4v) is 3.06. The Labute approximate surface area is 113 Å². The van der Waals surface area contributed by atoms with Gasteiger partial charge in [0.05, 0.1) is 11.3 Å². The molecule has 0 radical (unpaired) electrons. The van der Waals surface area contributed by atoms with Crippen LogP contribution < -0.4 is 5.73 Å². The molecule has 0 saturated heterocycles. The van der Waals surface area contributed by atoms with Gasteiger partial charge in [0.1, 0.15) is 0 Å². The zero-order chi connectivity index (χ0) is 13.1. The summed E-state index contributed by atoms with van der Waals surface area (Å²) in [6.07, 6.45) is 7.67. The minimum Gasteiger partial charge on any atom is -0.367 e. The number of nitrogens with two attached hydrogens (primary N) is 1. The molecule has 1 saturated carbocycles. The van der Waals surface area contributed by atoms with E-state index in [9.17, 15) is 0 Å². The van der Waals surface area contributed by atoms with E-state index in [4.69, 9.17) is 10.3 Å². The van der Waals surface area contributed by atoms with Crippen LogP contribution >= 0.6 is 0 Å². The van der Waals surface area contributed by atoms with Crippen molar-refractivity contribution in [3.05, 3.63) is 36.0 Å². The molecule has 1 aromatic carbocycles. The lowest BCUT2D eigenvalue weighted by atomic mass is 9.85. The molecule has 1 fully saturated rings. The molecule has 0 unspecified atom stereocenters. The van der Waals surface area contributed by atoms with Gasteiger partial charge in [0.25, 0.3) is 0 Å². The number of hydrogen-bond acceptors (Lipinski definition) is 3. The van der Waals surface area contributed by atoms with Crippen LogP contribution in [-0.4, -0.2) is 5.16 Å². The van der Waals surface area contributed by atoms with Crippen LogP contribution in [0.25, 0.3) is 11.1 Å². The average molecular weight is 256 g/mol. The van der Waals surface area contributed by atoms with Crippen molar-refractivity contribution in [1.82, 2.24) is 5.16 Å². The first-order valence-corrected chi connectivity index (χ1v) is 7.14. The maximum Gasteiger partial charge on any atom is 0.230 e. The highest BCUT2D eigenvalue weighted by Crippen LogP contribution is 2.34. The summed E-state index contributed by atoms with van der Waals surface area (Å²) >= 11 is 0. The highest BCUT2D eigenvalue weighted by atomic mass is 16.5. The molecule has 3 rings (SSSR count). The Morgan fingerprint density at radius 2 is 1.84 bits per heavy atom. The third-order valence-electron chi connectivity index (χ3n) is 4.06. The minimum atomic E-state index is 0.442. The van der Waals surface area contributed by atoms with Crippen molar-refractivity contribution in [3.63, 3.8) is 0 Å². The van der Waals surface area contributed by atoms with Crippen molar-refractivity contribution < 1.29 is 4.52 Å². The van der Waals surface area contributed by atoms with E-state index in [1.54, 1.807) is 0 Å². The normalized spacial score (nSPS) is 16.6. The van der Waals surface area contributed by atoms with Crippen LogP contribution in [0.2, 0.25) is 0 Å². The van der Waals surface area contributed by atoms with E-state index >= 15 is 0 Å². The molecule has 3 heteroatoms. The van der Waals surface area contributed by atoms with Crippen molar-refractivity contribution in [2.24, 2.45) is 5.92 Å². The highest BCUT2D eigenvalue weighted by Gasteiger charge is 2.21. The number of rotatable bonds is 3. The Morgan fingerprint density at radius 3 is 2.58 bits per heavy atom. The molecule has 19 heavy (non-hydrogen) atoms. The second kappa shape index (κ2) is 5.47. The smallest absolute Gasteiger partial charge is 0.230 e. The Bertz CT molecular complexity index is 527. The van der Waals surface area contributed by atoms with Crippen molar-refractivity contribution in [1.29, 1.82) is 0 Å². The zero-order valence-electron chi connectivity index (χ0n) is 11.1. The largest absolute Gasteiger partial charge is 0.367 e. The van der Waals surface area contributed by atoms with Crippen LogP contribution in [0.15, 0.2) is 34.9 Å². The van der Waals surface area contributed by atoms with Crippen LogP contribution in [-0.2, 0) is 6.42 Å². The van der Waals surface area contributed by atoms with E-state index in [0.717, 1.165) is 29.2 Å². The summed E-state index contributed by atoms with van der Waals surface area (Å²) in [6.45, 7) is 0. The quantitative estimate of drug-likeness (QED) is 0.901. The zero-order valence-corrected chi connectivity index (χ0v) is 11.1. The van der Waals surface area contributed by atoms with E-state index in [0.29, 0.717) is 5.88 Å². The summed E-state index contributed by atoms with van der Waals surface area (Å²) in [5, 5.41) is 4.19. The number of nitrogens with zero attached hydrogens (tertiary/aromatic N) is 1. The van der Waals surface area contributed by atoms with E-state index in [2.05, 4.69) is 17.3 Å². The molecule has 0 bridgehead atoms. The van der Waals surface area contributed by atoms with Gasteiger partial charge in [-0.15, -0.1) is 0 Å². The van der Waals surface area contributed by atoms with Gasteiger partial charge < -0.3 is 10.3 Å². The third kappa shape index (κ3) is 2.65.